The Morgan fingerprint density at radius 2 is 1.48 bits per heavy atom. The third kappa shape index (κ3) is 3.16. The van der Waals surface area contributed by atoms with Crippen LogP contribution in [0.25, 0.3) is 0 Å². The van der Waals surface area contributed by atoms with Gasteiger partial charge in [-0.1, -0.05) is 60.7 Å². The highest BCUT2D eigenvalue weighted by molar-refractivity contribution is 6.24. The maximum atomic E-state index is 13.7. The highest BCUT2D eigenvalue weighted by atomic mass is 16.7. The Labute approximate surface area is 180 Å². The lowest BCUT2D eigenvalue weighted by atomic mass is 9.90. The van der Waals surface area contributed by atoms with Crippen molar-refractivity contribution in [2.24, 2.45) is 5.92 Å². The number of anilines is 2. The van der Waals surface area contributed by atoms with E-state index in [1.165, 1.54) is 4.90 Å². The van der Waals surface area contributed by atoms with Gasteiger partial charge in [0, 0.05) is 0 Å². The van der Waals surface area contributed by atoms with Crippen LogP contribution in [0.1, 0.15) is 18.5 Å². The number of nitrogens with zero attached hydrogens (tertiary/aromatic N) is 2. The number of amides is 2. The molecule has 2 amide bonds. The summed E-state index contributed by atoms with van der Waals surface area (Å²) >= 11 is 0. The van der Waals surface area contributed by atoms with E-state index in [9.17, 15) is 9.59 Å². The van der Waals surface area contributed by atoms with Gasteiger partial charge in [0.2, 0.25) is 5.91 Å². The molecule has 0 bridgehead atoms. The molecular formula is C25H22N2O4. The van der Waals surface area contributed by atoms with Gasteiger partial charge in [-0.3, -0.25) is 14.4 Å². The predicted molar refractivity (Wildman–Crippen MR) is 117 cm³/mol. The van der Waals surface area contributed by atoms with E-state index in [0.29, 0.717) is 18.0 Å². The molecule has 0 aromatic heterocycles. The third-order valence-electron chi connectivity index (χ3n) is 5.67. The standard InChI is InChI=1S/C25H22N2O4/c1-2-30-20-16-10-9-15-19(20)26-24(28)21-22(17-11-5-3-6-12-17)27(31-23(21)25(26)29)18-13-7-4-8-14-18/h3-16,21-23H,2H2,1H3/t21-,22+,23-/m0/s1. The van der Waals surface area contributed by atoms with Crippen molar-refractivity contribution in [3.63, 3.8) is 0 Å². The van der Waals surface area contributed by atoms with Crippen molar-refractivity contribution in [1.29, 1.82) is 0 Å². The Morgan fingerprint density at radius 1 is 0.839 bits per heavy atom. The maximum Gasteiger partial charge on any atom is 0.266 e. The summed E-state index contributed by atoms with van der Waals surface area (Å²) in [6.45, 7) is 2.30. The number of benzene rings is 3. The van der Waals surface area contributed by atoms with Crippen molar-refractivity contribution in [2.45, 2.75) is 19.1 Å². The molecule has 6 nitrogen and oxygen atoms in total. The van der Waals surface area contributed by atoms with Gasteiger partial charge in [0.1, 0.15) is 11.7 Å². The molecule has 2 heterocycles. The summed E-state index contributed by atoms with van der Waals surface area (Å²) in [6.07, 6.45) is -0.896. The molecule has 0 unspecified atom stereocenters. The zero-order valence-electron chi connectivity index (χ0n) is 17.0. The number of ether oxygens (including phenoxy) is 1. The Morgan fingerprint density at radius 3 is 2.19 bits per heavy atom. The second kappa shape index (κ2) is 7.89. The highest BCUT2D eigenvalue weighted by Gasteiger charge is 2.60. The number of imide groups is 1. The first-order chi connectivity index (χ1) is 15.2. The summed E-state index contributed by atoms with van der Waals surface area (Å²) < 4.78 is 5.67. The minimum Gasteiger partial charge on any atom is -0.492 e. The first-order valence-electron chi connectivity index (χ1n) is 10.4. The molecule has 0 N–H and O–H groups in total. The molecule has 0 aliphatic carbocycles. The van der Waals surface area contributed by atoms with Gasteiger partial charge < -0.3 is 4.74 Å². The molecule has 3 aromatic rings. The number of fused-ring (bicyclic) bond motifs is 1. The van der Waals surface area contributed by atoms with E-state index in [4.69, 9.17) is 9.57 Å². The number of hydroxylamine groups is 1. The van der Waals surface area contributed by atoms with E-state index in [-0.39, 0.29) is 11.8 Å². The topological polar surface area (TPSA) is 59.1 Å². The van der Waals surface area contributed by atoms with Gasteiger partial charge in [-0.05, 0) is 36.8 Å². The van der Waals surface area contributed by atoms with Crippen molar-refractivity contribution in [2.75, 3.05) is 16.6 Å². The Balaban J connectivity index is 1.58. The third-order valence-corrected chi connectivity index (χ3v) is 5.67. The summed E-state index contributed by atoms with van der Waals surface area (Å²) in [4.78, 5) is 34.4. The SMILES string of the molecule is CCOc1ccccc1N1C(=O)[C@@H]2[C@H](ON(c3ccccc3)[C@@H]2c2ccccc2)C1=O. The van der Waals surface area contributed by atoms with Gasteiger partial charge in [0.05, 0.1) is 24.0 Å². The Hall–Kier alpha value is -3.64. The lowest BCUT2D eigenvalue weighted by Crippen LogP contribution is -2.37. The summed E-state index contributed by atoms with van der Waals surface area (Å²) in [6, 6.07) is 25.9. The van der Waals surface area contributed by atoms with Crippen molar-refractivity contribution in [3.05, 3.63) is 90.5 Å². The first kappa shape index (κ1) is 19.3. The van der Waals surface area contributed by atoms with Gasteiger partial charge in [0.25, 0.3) is 5.91 Å². The van der Waals surface area contributed by atoms with Crippen LogP contribution in [-0.2, 0) is 14.4 Å². The van der Waals surface area contributed by atoms with E-state index >= 15 is 0 Å². The molecule has 3 atom stereocenters. The molecule has 3 aromatic carbocycles. The number of rotatable bonds is 5. The summed E-state index contributed by atoms with van der Waals surface area (Å²) in [7, 11) is 0. The molecule has 5 rings (SSSR count). The van der Waals surface area contributed by atoms with Gasteiger partial charge in [0.15, 0.2) is 6.10 Å². The average Bonchev–Trinajstić information content (AvgIpc) is 3.32. The normalized spacial score (nSPS) is 22.7. The predicted octanol–water partition coefficient (Wildman–Crippen LogP) is 4.14. The first-order valence-corrected chi connectivity index (χ1v) is 10.4. The molecule has 156 valence electrons. The second-order valence-electron chi connectivity index (χ2n) is 7.48. The van der Waals surface area contributed by atoms with E-state index in [1.54, 1.807) is 23.3 Å². The second-order valence-corrected chi connectivity index (χ2v) is 7.48. The van der Waals surface area contributed by atoms with Crippen LogP contribution < -0.4 is 14.7 Å². The van der Waals surface area contributed by atoms with Crippen LogP contribution in [0.3, 0.4) is 0 Å². The molecule has 0 radical (unpaired) electrons. The Kier molecular flexibility index (Phi) is 4.92. The zero-order chi connectivity index (χ0) is 21.4. The van der Waals surface area contributed by atoms with E-state index in [2.05, 4.69) is 0 Å². The van der Waals surface area contributed by atoms with Crippen LogP contribution in [0.15, 0.2) is 84.9 Å². The van der Waals surface area contributed by atoms with Crippen LogP contribution in [0.2, 0.25) is 0 Å². The van der Waals surface area contributed by atoms with Gasteiger partial charge in [-0.25, -0.2) is 9.96 Å². The smallest absolute Gasteiger partial charge is 0.266 e. The largest absolute Gasteiger partial charge is 0.492 e. The van der Waals surface area contributed by atoms with Crippen LogP contribution >= 0.6 is 0 Å². The van der Waals surface area contributed by atoms with E-state index in [0.717, 1.165) is 11.3 Å². The number of carbonyl (C=O) groups is 2. The number of para-hydroxylation sites is 3. The Bertz CT molecular complexity index is 1100. The van der Waals surface area contributed by atoms with Crippen molar-refractivity contribution in [1.82, 2.24) is 0 Å². The molecule has 2 saturated heterocycles. The van der Waals surface area contributed by atoms with Crippen molar-refractivity contribution < 1.29 is 19.2 Å². The lowest BCUT2D eigenvalue weighted by Gasteiger charge is -2.29. The summed E-state index contributed by atoms with van der Waals surface area (Å²) in [5.41, 5.74) is 2.17. The zero-order valence-corrected chi connectivity index (χ0v) is 17.0. The van der Waals surface area contributed by atoms with Crippen LogP contribution in [0.5, 0.6) is 5.75 Å². The average molecular weight is 414 g/mol. The number of hydrogen-bond acceptors (Lipinski definition) is 5. The minimum absolute atomic E-state index is 0.283. The lowest BCUT2D eigenvalue weighted by molar-refractivity contribution is -0.126. The summed E-state index contributed by atoms with van der Waals surface area (Å²) in [5, 5.41) is 1.70. The van der Waals surface area contributed by atoms with Gasteiger partial charge >= 0.3 is 0 Å². The number of hydrogen-bond donors (Lipinski definition) is 0. The monoisotopic (exact) mass is 414 g/mol. The van der Waals surface area contributed by atoms with Crippen molar-refractivity contribution >= 4 is 23.2 Å². The van der Waals surface area contributed by atoms with Gasteiger partial charge in [-0.15, -0.1) is 0 Å². The fourth-order valence-electron chi connectivity index (χ4n) is 4.36. The van der Waals surface area contributed by atoms with Crippen LogP contribution in [-0.4, -0.2) is 24.5 Å². The molecule has 2 aliphatic heterocycles. The molecule has 0 saturated carbocycles. The molecule has 2 aliphatic rings. The van der Waals surface area contributed by atoms with Gasteiger partial charge in [-0.2, -0.15) is 0 Å². The highest BCUT2D eigenvalue weighted by Crippen LogP contribution is 2.48. The molecular weight excluding hydrogens is 392 g/mol. The summed E-state index contributed by atoms with van der Waals surface area (Å²) in [5.74, 6) is -0.816. The number of carbonyl (C=O) groups excluding carboxylic acids is 2. The molecule has 2 fully saturated rings. The fraction of sp³-hybridized carbons (Fsp3) is 0.200. The van der Waals surface area contributed by atoms with E-state index in [1.807, 2.05) is 73.7 Å². The fourth-order valence-corrected chi connectivity index (χ4v) is 4.36. The molecule has 31 heavy (non-hydrogen) atoms. The minimum atomic E-state index is -0.896. The molecule has 0 spiro atoms. The maximum absolute atomic E-state index is 13.7. The van der Waals surface area contributed by atoms with Crippen molar-refractivity contribution in [3.8, 4) is 5.75 Å². The van der Waals surface area contributed by atoms with Crippen LogP contribution in [0, 0.1) is 5.92 Å². The van der Waals surface area contributed by atoms with E-state index < -0.39 is 18.1 Å². The quantitative estimate of drug-likeness (QED) is 0.588. The van der Waals surface area contributed by atoms with Crippen LogP contribution in [0.4, 0.5) is 11.4 Å². The molecule has 6 heteroatoms.